The first kappa shape index (κ1) is 15.3. The summed E-state index contributed by atoms with van der Waals surface area (Å²) in [7, 11) is 0. The summed E-state index contributed by atoms with van der Waals surface area (Å²) in [5.74, 6) is -1.33. The first-order chi connectivity index (χ1) is 9.44. The molecule has 0 bridgehead atoms. The molecule has 0 radical (unpaired) electrons. The number of ether oxygens (including phenoxy) is 2. The molecule has 4 rings (SSSR count). The molecule has 0 saturated carbocycles. The third kappa shape index (κ3) is 1.55. The Morgan fingerprint density at radius 2 is 2.14 bits per heavy atom. The molecule has 2 aliphatic carbocycles. The Labute approximate surface area is 144 Å². The standard InChI is InChI=1S/C15H16O5.Na/c1-7-4-14-10(8(7)2)3-9(12(16)17)11(14)5-19-13(18)15(14)6-20-15;/h3-4,8,10-11H,5-6H2,1-2H3,(H,16,17);/q;+1/t8-,10-,11+,14-,15-;/m1./s1. The molecule has 0 aromatic heterocycles. The minimum Gasteiger partial charge on any atom is -0.478 e. The fraction of sp³-hybridized carbons (Fsp3) is 0.600. The monoisotopic (exact) mass is 299 g/mol. The molecule has 106 valence electrons. The number of hydrogen-bond donors (Lipinski definition) is 1. The summed E-state index contributed by atoms with van der Waals surface area (Å²) < 4.78 is 10.8. The van der Waals surface area contributed by atoms with Crippen molar-refractivity contribution in [2.45, 2.75) is 19.4 Å². The van der Waals surface area contributed by atoms with Crippen molar-refractivity contribution in [3.63, 3.8) is 0 Å². The molecule has 0 aromatic carbocycles. The molecule has 0 amide bonds. The van der Waals surface area contributed by atoms with Crippen molar-refractivity contribution in [1.82, 2.24) is 0 Å². The van der Waals surface area contributed by atoms with E-state index in [1.54, 1.807) is 0 Å². The van der Waals surface area contributed by atoms with Crippen molar-refractivity contribution >= 4 is 11.9 Å². The molecule has 2 fully saturated rings. The second kappa shape index (κ2) is 4.44. The number of rotatable bonds is 1. The van der Waals surface area contributed by atoms with Crippen molar-refractivity contribution in [2.75, 3.05) is 13.2 Å². The summed E-state index contributed by atoms with van der Waals surface area (Å²) in [4.78, 5) is 23.7. The second-order valence-corrected chi connectivity index (χ2v) is 6.33. The summed E-state index contributed by atoms with van der Waals surface area (Å²) in [5, 5.41) is 9.44. The molecule has 0 aromatic rings. The zero-order valence-electron chi connectivity index (χ0n) is 12.4. The van der Waals surface area contributed by atoms with Crippen LogP contribution < -0.4 is 29.6 Å². The molecule has 0 unspecified atom stereocenters. The van der Waals surface area contributed by atoms with E-state index in [4.69, 9.17) is 9.47 Å². The molecule has 4 aliphatic rings. The van der Waals surface area contributed by atoms with Gasteiger partial charge < -0.3 is 14.6 Å². The number of cyclic esters (lactones) is 1. The molecule has 6 heteroatoms. The number of hydrogen-bond acceptors (Lipinski definition) is 4. The van der Waals surface area contributed by atoms with Gasteiger partial charge in [0.2, 0.25) is 0 Å². The van der Waals surface area contributed by atoms with E-state index < -0.39 is 17.0 Å². The maximum absolute atomic E-state index is 12.2. The van der Waals surface area contributed by atoms with Crippen LogP contribution in [0.5, 0.6) is 0 Å². The minimum atomic E-state index is -0.958. The van der Waals surface area contributed by atoms with Crippen LogP contribution in [0, 0.1) is 23.2 Å². The van der Waals surface area contributed by atoms with Crippen molar-refractivity contribution in [3.8, 4) is 0 Å². The second-order valence-electron chi connectivity index (χ2n) is 6.33. The largest absolute Gasteiger partial charge is 1.00 e. The van der Waals surface area contributed by atoms with Gasteiger partial charge in [-0.05, 0) is 18.8 Å². The summed E-state index contributed by atoms with van der Waals surface area (Å²) in [6, 6.07) is 0. The van der Waals surface area contributed by atoms with Gasteiger partial charge in [0.15, 0.2) is 5.60 Å². The van der Waals surface area contributed by atoms with Gasteiger partial charge in [0, 0.05) is 16.9 Å². The molecule has 2 aliphatic heterocycles. The van der Waals surface area contributed by atoms with E-state index in [1.807, 2.05) is 13.0 Å². The van der Waals surface area contributed by atoms with Crippen LogP contribution in [0.3, 0.4) is 0 Å². The van der Waals surface area contributed by atoms with Crippen LogP contribution in [0.25, 0.3) is 0 Å². The first-order valence-corrected chi connectivity index (χ1v) is 6.89. The van der Waals surface area contributed by atoms with Crippen molar-refractivity contribution in [2.24, 2.45) is 23.2 Å². The number of carbonyl (C=O) groups excluding carboxylic acids is 1. The molecular weight excluding hydrogens is 283 g/mol. The van der Waals surface area contributed by atoms with Gasteiger partial charge in [0.1, 0.15) is 0 Å². The fourth-order valence-corrected chi connectivity index (χ4v) is 4.49. The van der Waals surface area contributed by atoms with Crippen molar-refractivity contribution < 1.29 is 53.7 Å². The first-order valence-electron chi connectivity index (χ1n) is 6.89. The third-order valence-corrected chi connectivity index (χ3v) is 5.68. The summed E-state index contributed by atoms with van der Waals surface area (Å²) in [6.45, 7) is 4.59. The van der Waals surface area contributed by atoms with E-state index in [0.29, 0.717) is 12.2 Å². The number of epoxide rings is 1. The summed E-state index contributed by atoms with van der Waals surface area (Å²) in [6.07, 6.45) is 3.92. The van der Waals surface area contributed by atoms with Gasteiger partial charge >= 0.3 is 41.5 Å². The van der Waals surface area contributed by atoms with E-state index in [1.165, 1.54) is 5.57 Å². The van der Waals surface area contributed by atoms with E-state index >= 15 is 0 Å². The maximum Gasteiger partial charge on any atom is 1.00 e. The maximum atomic E-state index is 12.2. The Bertz CT molecular complexity index is 603. The third-order valence-electron chi connectivity index (χ3n) is 5.68. The number of allylic oxidation sites excluding steroid dienone is 2. The van der Waals surface area contributed by atoms with Gasteiger partial charge in [-0.3, -0.25) is 0 Å². The Hall–Kier alpha value is -0.620. The average Bonchev–Trinajstić information content (AvgIpc) is 3.07. The number of carbonyl (C=O) groups is 2. The van der Waals surface area contributed by atoms with Crippen LogP contribution in [0.2, 0.25) is 0 Å². The number of carboxylic acid groups (broad SMARTS) is 1. The molecular formula is C15H16NaO5+. The van der Waals surface area contributed by atoms with Gasteiger partial charge in [-0.25, -0.2) is 9.59 Å². The molecule has 2 heterocycles. The molecule has 1 N–H and O–H groups in total. The van der Waals surface area contributed by atoms with Crippen molar-refractivity contribution in [1.29, 1.82) is 0 Å². The van der Waals surface area contributed by atoms with Crippen molar-refractivity contribution in [3.05, 3.63) is 23.3 Å². The smallest absolute Gasteiger partial charge is 0.478 e. The Morgan fingerprint density at radius 1 is 1.48 bits per heavy atom. The Balaban J connectivity index is 0.00000132. The molecule has 21 heavy (non-hydrogen) atoms. The van der Waals surface area contributed by atoms with Crippen LogP contribution in [0.1, 0.15) is 13.8 Å². The fourth-order valence-electron chi connectivity index (χ4n) is 4.49. The van der Waals surface area contributed by atoms with Crippen LogP contribution >= 0.6 is 0 Å². The SMILES string of the molecule is CC1=C[C@@]23[C@H](C=C(C(=O)O)[C@@H]2COC(=O)[C@]32CO2)[C@@H]1C.[Na+]. The average molecular weight is 299 g/mol. The molecule has 5 nitrogen and oxygen atoms in total. The van der Waals surface area contributed by atoms with Crippen LogP contribution in [0.4, 0.5) is 0 Å². The number of carboxylic acids is 1. The number of esters is 1. The zero-order valence-corrected chi connectivity index (χ0v) is 14.4. The summed E-state index contributed by atoms with van der Waals surface area (Å²) in [5.41, 5.74) is 0.0538. The van der Waals surface area contributed by atoms with Gasteiger partial charge in [-0.2, -0.15) is 0 Å². The quantitative estimate of drug-likeness (QED) is 0.266. The summed E-state index contributed by atoms with van der Waals surface area (Å²) >= 11 is 0. The molecule has 2 spiro atoms. The zero-order chi connectivity index (χ0) is 14.3. The Morgan fingerprint density at radius 3 is 2.71 bits per heavy atom. The van der Waals surface area contributed by atoms with Crippen LogP contribution in [-0.2, 0) is 19.1 Å². The Kier molecular flexibility index (Phi) is 3.23. The predicted molar refractivity (Wildman–Crippen MR) is 67.7 cm³/mol. The van der Waals surface area contributed by atoms with Gasteiger partial charge in [0.05, 0.1) is 13.2 Å². The van der Waals surface area contributed by atoms with Crippen LogP contribution in [-0.4, -0.2) is 35.9 Å². The van der Waals surface area contributed by atoms with Gasteiger partial charge in [-0.15, -0.1) is 0 Å². The van der Waals surface area contributed by atoms with Gasteiger partial charge in [0.25, 0.3) is 0 Å². The normalized spacial score (nSPS) is 46.0. The van der Waals surface area contributed by atoms with E-state index in [2.05, 4.69) is 13.0 Å². The van der Waals surface area contributed by atoms with Crippen LogP contribution in [0.15, 0.2) is 23.3 Å². The van der Waals surface area contributed by atoms with E-state index in [9.17, 15) is 14.7 Å². The predicted octanol–water partition coefficient (Wildman–Crippen LogP) is -1.84. The van der Waals surface area contributed by atoms with E-state index in [0.717, 1.165) is 0 Å². The number of aliphatic carboxylic acids is 1. The topological polar surface area (TPSA) is 76.1 Å². The van der Waals surface area contributed by atoms with E-state index in [-0.39, 0.29) is 59.9 Å². The van der Waals surface area contributed by atoms with Gasteiger partial charge in [-0.1, -0.05) is 24.6 Å². The molecule has 2 saturated heterocycles. The molecule has 5 atom stereocenters. The minimum absolute atomic E-state index is 0.